The monoisotopic (exact) mass is 351 g/mol. The molecule has 0 spiro atoms. The van der Waals surface area contributed by atoms with Crippen molar-refractivity contribution >= 4 is 5.91 Å². The summed E-state index contributed by atoms with van der Waals surface area (Å²) in [5, 5.41) is 0. The highest BCUT2D eigenvalue weighted by molar-refractivity contribution is 5.93. The molecule has 4 rings (SSSR count). The topological polar surface area (TPSA) is 88.3 Å². The smallest absolute Gasteiger partial charge is 0.328 e. The van der Waals surface area contributed by atoms with Crippen LogP contribution in [-0.2, 0) is 19.5 Å². The van der Waals surface area contributed by atoms with Crippen molar-refractivity contribution in [1.82, 2.24) is 14.5 Å². The van der Waals surface area contributed by atoms with Crippen LogP contribution in [0.2, 0.25) is 0 Å². The molecule has 7 nitrogen and oxygen atoms in total. The summed E-state index contributed by atoms with van der Waals surface area (Å²) in [6.45, 7) is 0.962. The summed E-state index contributed by atoms with van der Waals surface area (Å²) >= 11 is 0. The van der Waals surface area contributed by atoms with Crippen LogP contribution in [0.3, 0.4) is 0 Å². The van der Waals surface area contributed by atoms with Crippen molar-refractivity contribution < 1.29 is 9.21 Å². The van der Waals surface area contributed by atoms with E-state index in [2.05, 4.69) is 4.98 Å². The lowest BCUT2D eigenvalue weighted by molar-refractivity contribution is 0.0731. The molecule has 26 heavy (non-hydrogen) atoms. The van der Waals surface area contributed by atoms with E-state index in [9.17, 15) is 14.4 Å². The molecule has 1 aliphatic rings. The summed E-state index contributed by atoms with van der Waals surface area (Å²) in [4.78, 5) is 41.7. The van der Waals surface area contributed by atoms with E-state index in [0.717, 1.165) is 16.6 Å². The van der Waals surface area contributed by atoms with Gasteiger partial charge in [-0.1, -0.05) is 24.3 Å². The Bertz CT molecular complexity index is 1060. The summed E-state index contributed by atoms with van der Waals surface area (Å²) in [6.07, 6.45) is 3.41. The maximum Gasteiger partial charge on any atom is 0.328 e. The van der Waals surface area contributed by atoms with Crippen molar-refractivity contribution in [2.75, 3.05) is 6.54 Å². The van der Waals surface area contributed by atoms with E-state index in [0.29, 0.717) is 18.8 Å². The van der Waals surface area contributed by atoms with Crippen molar-refractivity contribution in [3.05, 3.63) is 92.1 Å². The first-order valence-corrected chi connectivity index (χ1v) is 8.34. The van der Waals surface area contributed by atoms with Crippen LogP contribution in [-0.4, -0.2) is 26.9 Å². The molecule has 0 saturated carbocycles. The van der Waals surface area contributed by atoms with Crippen molar-refractivity contribution in [2.45, 2.75) is 19.5 Å². The standard InChI is InChI=1S/C19H17N3O4/c23-17(21-8-7-13-4-1-2-5-14(13)11-21)16-10-20-19(25)22(18(16)24)12-15-6-3-9-26-15/h1-6,9-10H,7-8,11-12H2,(H,20,25). The summed E-state index contributed by atoms with van der Waals surface area (Å²) in [7, 11) is 0. The van der Waals surface area contributed by atoms with Gasteiger partial charge in [-0.2, -0.15) is 0 Å². The molecule has 1 amide bonds. The van der Waals surface area contributed by atoms with Crippen molar-refractivity contribution in [1.29, 1.82) is 0 Å². The predicted molar refractivity (Wildman–Crippen MR) is 94.0 cm³/mol. The molecule has 0 bridgehead atoms. The Kier molecular flexibility index (Phi) is 4.04. The quantitative estimate of drug-likeness (QED) is 0.772. The highest BCUT2D eigenvalue weighted by Crippen LogP contribution is 2.19. The van der Waals surface area contributed by atoms with Gasteiger partial charge in [0.25, 0.3) is 11.5 Å². The Labute approximate surface area is 148 Å². The lowest BCUT2D eigenvalue weighted by Gasteiger charge is -2.28. The van der Waals surface area contributed by atoms with Gasteiger partial charge in [-0.25, -0.2) is 4.79 Å². The molecule has 0 radical (unpaired) electrons. The number of amides is 1. The van der Waals surface area contributed by atoms with Gasteiger partial charge in [0.2, 0.25) is 0 Å². The molecular formula is C19H17N3O4. The Morgan fingerprint density at radius 2 is 1.92 bits per heavy atom. The van der Waals surface area contributed by atoms with E-state index in [-0.39, 0.29) is 18.0 Å². The van der Waals surface area contributed by atoms with Gasteiger partial charge in [0.15, 0.2) is 0 Å². The van der Waals surface area contributed by atoms with E-state index in [1.54, 1.807) is 17.0 Å². The van der Waals surface area contributed by atoms with Gasteiger partial charge in [-0.05, 0) is 29.7 Å². The number of fused-ring (bicyclic) bond motifs is 1. The predicted octanol–water partition coefficient (Wildman–Crippen LogP) is 1.38. The van der Waals surface area contributed by atoms with Crippen molar-refractivity contribution in [3.63, 3.8) is 0 Å². The summed E-state index contributed by atoms with van der Waals surface area (Å²) < 4.78 is 6.17. The second-order valence-corrected chi connectivity index (χ2v) is 6.22. The molecule has 0 aliphatic carbocycles. The maximum atomic E-state index is 12.9. The molecule has 2 aromatic heterocycles. The normalized spacial score (nSPS) is 13.5. The van der Waals surface area contributed by atoms with E-state index < -0.39 is 11.2 Å². The number of hydrogen-bond acceptors (Lipinski definition) is 4. The Morgan fingerprint density at radius 3 is 2.69 bits per heavy atom. The molecule has 0 fully saturated rings. The molecule has 1 aromatic carbocycles. The zero-order chi connectivity index (χ0) is 18.1. The summed E-state index contributed by atoms with van der Waals surface area (Å²) in [6, 6.07) is 11.3. The van der Waals surface area contributed by atoms with E-state index in [1.807, 2.05) is 24.3 Å². The van der Waals surface area contributed by atoms with Crippen molar-refractivity contribution in [3.8, 4) is 0 Å². The summed E-state index contributed by atoms with van der Waals surface area (Å²) in [5.74, 6) is 0.0862. The number of carbonyl (C=O) groups is 1. The van der Waals surface area contributed by atoms with E-state index >= 15 is 0 Å². The third-order valence-electron chi connectivity index (χ3n) is 4.60. The van der Waals surface area contributed by atoms with Gasteiger partial charge in [0.1, 0.15) is 11.3 Å². The minimum absolute atomic E-state index is 0.0227. The molecular weight excluding hydrogens is 334 g/mol. The number of hydrogen-bond donors (Lipinski definition) is 1. The second kappa shape index (κ2) is 6.51. The zero-order valence-electron chi connectivity index (χ0n) is 14.0. The fraction of sp³-hybridized carbons (Fsp3) is 0.211. The Balaban J connectivity index is 1.65. The lowest BCUT2D eigenvalue weighted by Crippen LogP contribution is -2.43. The van der Waals surface area contributed by atoms with Crippen LogP contribution in [0.15, 0.2) is 62.9 Å². The average Bonchev–Trinajstić information content (AvgIpc) is 3.17. The summed E-state index contributed by atoms with van der Waals surface area (Å²) in [5.41, 5.74) is 1.05. The van der Waals surface area contributed by atoms with Crippen LogP contribution in [0.4, 0.5) is 0 Å². The van der Waals surface area contributed by atoms with Crippen LogP contribution in [0.1, 0.15) is 27.2 Å². The van der Waals surface area contributed by atoms with Crippen LogP contribution >= 0.6 is 0 Å². The number of benzene rings is 1. The third-order valence-corrected chi connectivity index (χ3v) is 4.60. The lowest BCUT2D eigenvalue weighted by atomic mass is 9.99. The van der Waals surface area contributed by atoms with Gasteiger partial charge in [0.05, 0.1) is 12.8 Å². The molecule has 132 valence electrons. The number of rotatable bonds is 3. The third kappa shape index (κ3) is 2.88. The molecule has 3 aromatic rings. The highest BCUT2D eigenvalue weighted by Gasteiger charge is 2.24. The Hall–Kier alpha value is -3.35. The molecule has 0 atom stereocenters. The van der Waals surface area contributed by atoms with Gasteiger partial charge >= 0.3 is 5.69 Å². The van der Waals surface area contributed by atoms with E-state index in [4.69, 9.17) is 4.42 Å². The molecule has 1 N–H and O–H groups in total. The Morgan fingerprint density at radius 1 is 1.12 bits per heavy atom. The number of aromatic nitrogens is 2. The van der Waals surface area contributed by atoms with Crippen LogP contribution in [0.5, 0.6) is 0 Å². The number of aromatic amines is 1. The van der Waals surface area contributed by atoms with Gasteiger partial charge in [0, 0.05) is 19.3 Å². The first kappa shape index (κ1) is 16.1. The molecule has 3 heterocycles. The number of nitrogens with one attached hydrogen (secondary N) is 1. The zero-order valence-corrected chi connectivity index (χ0v) is 14.0. The minimum atomic E-state index is -0.617. The van der Waals surface area contributed by atoms with Crippen LogP contribution < -0.4 is 11.2 Å². The second-order valence-electron chi connectivity index (χ2n) is 6.22. The average molecular weight is 351 g/mol. The molecule has 7 heteroatoms. The molecule has 0 unspecified atom stereocenters. The first-order valence-electron chi connectivity index (χ1n) is 8.34. The molecule has 1 aliphatic heterocycles. The molecule has 0 saturated heterocycles. The highest BCUT2D eigenvalue weighted by atomic mass is 16.3. The number of nitrogens with zero attached hydrogens (tertiary/aromatic N) is 2. The largest absolute Gasteiger partial charge is 0.467 e. The first-order chi connectivity index (χ1) is 12.6. The van der Waals surface area contributed by atoms with Gasteiger partial charge < -0.3 is 14.3 Å². The van der Waals surface area contributed by atoms with Crippen molar-refractivity contribution in [2.24, 2.45) is 0 Å². The van der Waals surface area contributed by atoms with Gasteiger partial charge in [-0.3, -0.25) is 14.2 Å². The SMILES string of the molecule is O=C(c1c[nH]c(=O)n(Cc2ccco2)c1=O)N1CCc2ccccc2C1. The van der Waals surface area contributed by atoms with Gasteiger partial charge in [-0.15, -0.1) is 0 Å². The number of H-pyrrole nitrogens is 1. The number of furan rings is 1. The van der Waals surface area contributed by atoms with Crippen LogP contribution in [0, 0.1) is 0 Å². The number of carbonyl (C=O) groups excluding carboxylic acids is 1. The van der Waals surface area contributed by atoms with Crippen LogP contribution in [0.25, 0.3) is 0 Å². The van der Waals surface area contributed by atoms with E-state index in [1.165, 1.54) is 18.0 Å². The maximum absolute atomic E-state index is 12.9. The minimum Gasteiger partial charge on any atom is -0.467 e. The fourth-order valence-corrected chi connectivity index (χ4v) is 3.21. The fourth-order valence-electron chi connectivity index (χ4n) is 3.21.